The summed E-state index contributed by atoms with van der Waals surface area (Å²) in [6.45, 7) is 5.23. The fourth-order valence-electron chi connectivity index (χ4n) is 6.31. The van der Waals surface area contributed by atoms with Gasteiger partial charge in [-0.3, -0.25) is 9.89 Å². The fourth-order valence-corrected chi connectivity index (χ4v) is 7.69. The molecule has 6 rings (SSSR count). The van der Waals surface area contributed by atoms with Crippen molar-refractivity contribution in [3.05, 3.63) is 65.7 Å². The third-order valence-corrected chi connectivity index (χ3v) is 9.83. The first-order valence-corrected chi connectivity index (χ1v) is 14.6. The van der Waals surface area contributed by atoms with Gasteiger partial charge in [-0.2, -0.15) is 26.3 Å². The lowest BCUT2D eigenvalue weighted by atomic mass is 9.71. The summed E-state index contributed by atoms with van der Waals surface area (Å²) in [6, 6.07) is 4.35. The summed E-state index contributed by atoms with van der Waals surface area (Å²) < 4.78 is 117. The lowest BCUT2D eigenvalue weighted by Crippen LogP contribution is -2.62. The Balaban J connectivity index is 1.60. The Hall–Kier alpha value is -2.90. The lowest BCUT2D eigenvalue weighted by Gasteiger charge is -2.53. The van der Waals surface area contributed by atoms with E-state index in [1.54, 1.807) is 24.4 Å². The number of aliphatic imine (C=N–C) groups is 1. The number of hydrogen-bond acceptors (Lipinski definition) is 5. The third-order valence-electron chi connectivity index (χ3n) is 8.39. The molecule has 4 aliphatic heterocycles. The second-order valence-electron chi connectivity index (χ2n) is 10.7. The highest BCUT2D eigenvalue weighted by molar-refractivity contribution is 7.89. The molecule has 3 saturated heterocycles. The van der Waals surface area contributed by atoms with Crippen molar-refractivity contribution in [3.63, 3.8) is 0 Å². The van der Waals surface area contributed by atoms with Crippen molar-refractivity contribution in [2.24, 2.45) is 16.8 Å². The molecule has 4 aliphatic rings. The Morgan fingerprint density at radius 3 is 2.34 bits per heavy atom. The topological polar surface area (TPSA) is 71.0 Å². The smallest absolute Gasteiger partial charge is 0.416 e. The van der Waals surface area contributed by atoms with Gasteiger partial charge in [0.05, 0.1) is 28.8 Å². The summed E-state index contributed by atoms with van der Waals surface area (Å²) in [5.74, 6) is 0.432. The third kappa shape index (κ3) is 5.89. The van der Waals surface area contributed by atoms with E-state index in [4.69, 9.17) is 4.74 Å². The van der Waals surface area contributed by atoms with Crippen LogP contribution in [0.3, 0.4) is 0 Å². The van der Waals surface area contributed by atoms with Crippen LogP contribution in [0.5, 0.6) is 5.75 Å². The van der Waals surface area contributed by atoms with E-state index in [1.807, 2.05) is 6.08 Å². The molecule has 4 unspecified atom stereocenters. The molecule has 0 saturated carbocycles. The van der Waals surface area contributed by atoms with Crippen LogP contribution in [0, 0.1) is 11.8 Å². The van der Waals surface area contributed by atoms with Gasteiger partial charge in [-0.25, -0.2) is 13.1 Å². The van der Waals surface area contributed by atoms with Crippen LogP contribution >= 0.6 is 0 Å². The van der Waals surface area contributed by atoms with Crippen molar-refractivity contribution in [2.75, 3.05) is 20.2 Å². The van der Waals surface area contributed by atoms with E-state index in [1.165, 1.54) is 7.11 Å². The van der Waals surface area contributed by atoms with Crippen molar-refractivity contribution in [1.29, 1.82) is 0 Å². The van der Waals surface area contributed by atoms with Gasteiger partial charge in [-0.1, -0.05) is 6.08 Å². The maximum atomic E-state index is 13.7. The first-order chi connectivity index (χ1) is 19.2. The molecule has 0 radical (unpaired) electrons. The second-order valence-corrected chi connectivity index (χ2v) is 12.4. The van der Waals surface area contributed by atoms with Gasteiger partial charge < -0.3 is 4.74 Å². The number of halogens is 6. The van der Waals surface area contributed by atoms with Gasteiger partial charge in [0.1, 0.15) is 5.75 Å². The Morgan fingerprint density at radius 1 is 1.10 bits per heavy atom. The molecule has 13 heteroatoms. The number of piperidine rings is 3. The van der Waals surface area contributed by atoms with Crippen molar-refractivity contribution in [3.8, 4) is 5.75 Å². The van der Waals surface area contributed by atoms with Crippen LogP contribution < -0.4 is 9.46 Å². The van der Waals surface area contributed by atoms with Gasteiger partial charge in [0.25, 0.3) is 0 Å². The number of fused-ring (bicyclic) bond motifs is 4. The molecule has 41 heavy (non-hydrogen) atoms. The quantitative estimate of drug-likeness (QED) is 0.305. The highest BCUT2D eigenvalue weighted by atomic mass is 32.2. The zero-order chi connectivity index (χ0) is 29.7. The maximum Gasteiger partial charge on any atom is 0.416 e. The average Bonchev–Trinajstić information content (AvgIpc) is 2.94. The number of benzene rings is 2. The molecule has 2 aromatic rings. The maximum absolute atomic E-state index is 13.7. The van der Waals surface area contributed by atoms with Crippen LogP contribution in [0.1, 0.15) is 41.9 Å². The van der Waals surface area contributed by atoms with E-state index in [2.05, 4.69) is 21.2 Å². The highest BCUT2D eigenvalue weighted by Crippen LogP contribution is 2.45. The number of sulfonamides is 1. The molecule has 0 amide bonds. The van der Waals surface area contributed by atoms with E-state index >= 15 is 0 Å². The van der Waals surface area contributed by atoms with Gasteiger partial charge in [0.15, 0.2) is 0 Å². The molecule has 6 atom stereocenters. The molecule has 0 aromatic heterocycles. The van der Waals surface area contributed by atoms with Gasteiger partial charge in [0.2, 0.25) is 10.0 Å². The first-order valence-electron chi connectivity index (χ1n) is 13.1. The molecule has 0 spiro atoms. The van der Waals surface area contributed by atoms with Crippen molar-refractivity contribution in [2.45, 2.75) is 54.5 Å². The van der Waals surface area contributed by atoms with Crippen LogP contribution in [-0.4, -0.2) is 51.8 Å². The lowest BCUT2D eigenvalue weighted by molar-refractivity contribution is -0.143. The Kier molecular flexibility index (Phi) is 7.75. The van der Waals surface area contributed by atoms with Gasteiger partial charge >= 0.3 is 12.4 Å². The number of ether oxygens (including phenoxy) is 1. The largest absolute Gasteiger partial charge is 0.497 e. The van der Waals surface area contributed by atoms with Crippen molar-refractivity contribution >= 4 is 21.9 Å². The summed E-state index contributed by atoms with van der Waals surface area (Å²) >= 11 is 0. The SMILES string of the molecule is C=CC1CN2CCC1C[C@H]2[C@@H](NS(=O)(=O)c1cc(C(F)(F)F)cc(C(F)(F)F)c1)C1CC=Nc2ccc(OC)cc21. The van der Waals surface area contributed by atoms with Crippen LogP contribution in [-0.2, 0) is 22.4 Å². The Labute approximate surface area is 234 Å². The molecular formula is C28H29F6N3O3S. The number of nitrogens with one attached hydrogen (secondary N) is 1. The molecule has 6 nitrogen and oxygen atoms in total. The van der Waals surface area contributed by atoms with Gasteiger partial charge in [-0.15, -0.1) is 6.58 Å². The highest BCUT2D eigenvalue weighted by Gasteiger charge is 2.47. The second kappa shape index (κ2) is 10.7. The molecule has 0 aliphatic carbocycles. The van der Waals surface area contributed by atoms with E-state index in [-0.39, 0.29) is 36.1 Å². The number of alkyl halides is 6. The zero-order valence-corrected chi connectivity index (χ0v) is 22.9. The van der Waals surface area contributed by atoms with Crippen molar-refractivity contribution < 1.29 is 39.5 Å². The van der Waals surface area contributed by atoms with Crippen LogP contribution in [0.25, 0.3) is 0 Å². The summed E-state index contributed by atoms with van der Waals surface area (Å²) in [5, 5.41) is 0. The number of methoxy groups -OCH3 is 1. The van der Waals surface area contributed by atoms with E-state index < -0.39 is 50.4 Å². The van der Waals surface area contributed by atoms with Crippen LogP contribution in [0.2, 0.25) is 0 Å². The normalized spacial score (nSPS) is 26.9. The van der Waals surface area contributed by atoms with E-state index in [9.17, 15) is 34.8 Å². The molecular weight excluding hydrogens is 572 g/mol. The van der Waals surface area contributed by atoms with Gasteiger partial charge in [0, 0.05) is 30.8 Å². The molecule has 1 N–H and O–H groups in total. The van der Waals surface area contributed by atoms with E-state index in [0.717, 1.165) is 6.42 Å². The summed E-state index contributed by atoms with van der Waals surface area (Å²) in [7, 11) is -3.37. The predicted molar refractivity (Wildman–Crippen MR) is 141 cm³/mol. The first kappa shape index (κ1) is 29.6. The van der Waals surface area contributed by atoms with E-state index in [0.29, 0.717) is 42.9 Å². The number of nitrogens with zero attached hydrogens (tertiary/aromatic N) is 2. The minimum absolute atomic E-state index is 0.0855. The number of rotatable bonds is 7. The summed E-state index contributed by atoms with van der Waals surface area (Å²) in [4.78, 5) is 5.46. The standard InChI is InChI=1S/C28H29F6N3O3S/c1-3-16-15-37-9-7-17(16)10-25(37)26(22-6-8-35-24-5-4-20(40-2)14-23(22)24)36-41(38,39)21-12-18(27(29,30)31)11-19(13-21)28(32,33)34/h3-5,8,11-14,16-17,22,25-26,36H,1,6-7,9-10,15H2,2H3/t16?,17?,22?,25-,26-/m0/s1. The summed E-state index contributed by atoms with van der Waals surface area (Å²) in [6.07, 6.45) is -5.07. The van der Waals surface area contributed by atoms with Gasteiger partial charge in [-0.05, 0) is 79.6 Å². The summed E-state index contributed by atoms with van der Waals surface area (Å²) in [5.41, 5.74) is -2.12. The minimum Gasteiger partial charge on any atom is -0.497 e. The Morgan fingerprint density at radius 2 is 1.78 bits per heavy atom. The molecule has 2 bridgehead atoms. The van der Waals surface area contributed by atoms with Crippen LogP contribution in [0.4, 0.5) is 32.0 Å². The molecule has 222 valence electrons. The molecule has 4 heterocycles. The Bertz CT molecular complexity index is 1420. The molecule has 3 fully saturated rings. The number of hydrogen-bond donors (Lipinski definition) is 1. The van der Waals surface area contributed by atoms with Crippen LogP contribution in [0.15, 0.2) is 58.9 Å². The monoisotopic (exact) mass is 601 g/mol. The fraction of sp³-hybridized carbons (Fsp3) is 0.464. The average molecular weight is 602 g/mol. The van der Waals surface area contributed by atoms with Crippen molar-refractivity contribution in [1.82, 2.24) is 9.62 Å². The zero-order valence-electron chi connectivity index (χ0n) is 22.0. The minimum atomic E-state index is -5.19. The molecule has 2 aromatic carbocycles. The predicted octanol–water partition coefficient (Wildman–Crippen LogP) is 6.17.